The molecule has 0 heterocycles. The number of methoxy groups -OCH3 is 1. The highest BCUT2D eigenvalue weighted by Crippen LogP contribution is 2.29. The Bertz CT molecular complexity index is 375. The van der Waals surface area contributed by atoms with Gasteiger partial charge in [0.25, 0.3) is 0 Å². The summed E-state index contributed by atoms with van der Waals surface area (Å²) in [6.07, 6.45) is 0. The largest absolute Gasteiger partial charge is 0.495 e. The first kappa shape index (κ1) is 14.8. The molecule has 0 aliphatic heterocycles. The molecule has 0 radical (unpaired) electrons. The summed E-state index contributed by atoms with van der Waals surface area (Å²) in [6.45, 7) is 9.31. The highest BCUT2D eigenvalue weighted by molar-refractivity contribution is 5.58. The third-order valence-electron chi connectivity index (χ3n) is 3.29. The summed E-state index contributed by atoms with van der Waals surface area (Å²) < 4.78 is 5.46. The second-order valence-corrected chi connectivity index (χ2v) is 5.34. The summed E-state index contributed by atoms with van der Waals surface area (Å²) in [4.78, 5) is 0. The van der Waals surface area contributed by atoms with Crippen LogP contribution in [0.4, 0.5) is 5.69 Å². The fourth-order valence-corrected chi connectivity index (χ4v) is 1.88. The van der Waals surface area contributed by atoms with Crippen molar-refractivity contribution in [3.63, 3.8) is 0 Å². The lowest BCUT2D eigenvalue weighted by atomic mass is 10.0. The van der Waals surface area contributed by atoms with Crippen molar-refractivity contribution in [3.8, 4) is 5.75 Å². The maximum atomic E-state index is 5.79. The minimum atomic E-state index is 0.267. The molecule has 3 nitrogen and oxygen atoms in total. The second-order valence-electron chi connectivity index (χ2n) is 5.34. The van der Waals surface area contributed by atoms with Gasteiger partial charge in [0, 0.05) is 12.6 Å². The van der Waals surface area contributed by atoms with Crippen LogP contribution in [0.25, 0.3) is 0 Å². The molecule has 3 heteroatoms. The van der Waals surface area contributed by atoms with Gasteiger partial charge in [-0.25, -0.2) is 0 Å². The van der Waals surface area contributed by atoms with Crippen LogP contribution in [0.2, 0.25) is 0 Å². The molecule has 0 aliphatic rings. The zero-order valence-corrected chi connectivity index (χ0v) is 12.2. The van der Waals surface area contributed by atoms with E-state index in [1.807, 2.05) is 0 Å². The van der Waals surface area contributed by atoms with Gasteiger partial charge in [0.15, 0.2) is 0 Å². The maximum absolute atomic E-state index is 5.79. The van der Waals surface area contributed by atoms with Crippen molar-refractivity contribution in [1.29, 1.82) is 0 Å². The van der Waals surface area contributed by atoms with Crippen LogP contribution in [-0.4, -0.2) is 19.7 Å². The van der Waals surface area contributed by atoms with E-state index in [4.69, 9.17) is 10.5 Å². The average Bonchev–Trinajstić information content (AvgIpc) is 2.35. The summed E-state index contributed by atoms with van der Waals surface area (Å²) in [5, 5.41) is 3.46. The number of benzene rings is 1. The van der Waals surface area contributed by atoms with Gasteiger partial charge in [-0.3, -0.25) is 0 Å². The monoisotopic (exact) mass is 250 g/mol. The van der Waals surface area contributed by atoms with Crippen LogP contribution in [0.15, 0.2) is 18.2 Å². The molecule has 0 aliphatic carbocycles. The Hall–Kier alpha value is -1.22. The van der Waals surface area contributed by atoms with E-state index in [9.17, 15) is 0 Å². The molecule has 0 amide bonds. The second kappa shape index (κ2) is 6.64. The van der Waals surface area contributed by atoms with Gasteiger partial charge in [-0.15, -0.1) is 0 Å². The van der Waals surface area contributed by atoms with Gasteiger partial charge in [0.05, 0.1) is 12.8 Å². The minimum Gasteiger partial charge on any atom is -0.495 e. The summed E-state index contributed by atoms with van der Waals surface area (Å²) in [5.74, 6) is 1.88. The van der Waals surface area contributed by atoms with Gasteiger partial charge >= 0.3 is 0 Å². The normalized spacial score (nSPS) is 12.9. The topological polar surface area (TPSA) is 47.3 Å². The average molecular weight is 250 g/mol. The van der Waals surface area contributed by atoms with Crippen LogP contribution in [0.3, 0.4) is 0 Å². The SMILES string of the molecule is COc1cc(C(C)C)ccc1NC(CN)C(C)C. The lowest BCUT2D eigenvalue weighted by molar-refractivity contribution is 0.414. The maximum Gasteiger partial charge on any atom is 0.142 e. The summed E-state index contributed by atoms with van der Waals surface area (Å²) in [6, 6.07) is 6.59. The minimum absolute atomic E-state index is 0.267. The molecule has 0 bridgehead atoms. The molecular weight excluding hydrogens is 224 g/mol. The van der Waals surface area contributed by atoms with Gasteiger partial charge in [-0.2, -0.15) is 0 Å². The highest BCUT2D eigenvalue weighted by Gasteiger charge is 2.14. The number of nitrogens with two attached hydrogens (primary N) is 1. The van der Waals surface area contributed by atoms with E-state index in [-0.39, 0.29) is 6.04 Å². The molecule has 1 aromatic rings. The summed E-state index contributed by atoms with van der Waals surface area (Å²) in [7, 11) is 1.71. The van der Waals surface area contributed by atoms with Crippen molar-refractivity contribution < 1.29 is 4.74 Å². The Balaban J connectivity index is 2.95. The smallest absolute Gasteiger partial charge is 0.142 e. The van der Waals surface area contributed by atoms with Gasteiger partial charge in [0.2, 0.25) is 0 Å². The summed E-state index contributed by atoms with van der Waals surface area (Å²) >= 11 is 0. The molecule has 3 N–H and O–H groups in total. The summed E-state index contributed by atoms with van der Waals surface area (Å²) in [5.41, 5.74) is 8.09. The van der Waals surface area contributed by atoms with Crippen molar-refractivity contribution in [1.82, 2.24) is 0 Å². The van der Waals surface area contributed by atoms with E-state index in [1.165, 1.54) is 5.56 Å². The Morgan fingerprint density at radius 1 is 1.22 bits per heavy atom. The number of rotatable bonds is 6. The lowest BCUT2D eigenvalue weighted by Gasteiger charge is -2.23. The van der Waals surface area contributed by atoms with E-state index < -0.39 is 0 Å². The predicted molar refractivity (Wildman–Crippen MR) is 78.4 cm³/mol. The molecule has 0 aromatic heterocycles. The molecule has 18 heavy (non-hydrogen) atoms. The fraction of sp³-hybridized carbons (Fsp3) is 0.600. The molecule has 102 valence electrons. The first-order valence-corrected chi connectivity index (χ1v) is 6.64. The van der Waals surface area contributed by atoms with Crippen LogP contribution in [-0.2, 0) is 0 Å². The molecular formula is C15H26N2O. The van der Waals surface area contributed by atoms with Gasteiger partial charge in [0.1, 0.15) is 5.75 Å². The zero-order valence-electron chi connectivity index (χ0n) is 12.2. The molecule has 1 rings (SSSR count). The van der Waals surface area contributed by atoms with E-state index >= 15 is 0 Å². The van der Waals surface area contributed by atoms with Crippen molar-refractivity contribution in [3.05, 3.63) is 23.8 Å². The predicted octanol–water partition coefficient (Wildman–Crippen LogP) is 3.21. The number of hydrogen-bond acceptors (Lipinski definition) is 3. The van der Waals surface area contributed by atoms with Gasteiger partial charge in [-0.05, 0) is 29.5 Å². The van der Waals surface area contributed by atoms with Gasteiger partial charge < -0.3 is 15.8 Å². The molecule has 0 fully saturated rings. The number of ether oxygens (including phenoxy) is 1. The quantitative estimate of drug-likeness (QED) is 0.815. The Labute approximate surface area is 111 Å². The van der Waals surface area contributed by atoms with Gasteiger partial charge in [-0.1, -0.05) is 33.8 Å². The third-order valence-corrected chi connectivity index (χ3v) is 3.29. The van der Waals surface area contributed by atoms with Crippen LogP contribution < -0.4 is 15.8 Å². The molecule has 0 spiro atoms. The van der Waals surface area contributed by atoms with Crippen LogP contribution in [0.1, 0.15) is 39.2 Å². The molecule has 1 unspecified atom stereocenters. The highest BCUT2D eigenvalue weighted by atomic mass is 16.5. The first-order chi connectivity index (χ1) is 8.49. The Morgan fingerprint density at radius 2 is 1.89 bits per heavy atom. The Morgan fingerprint density at radius 3 is 2.33 bits per heavy atom. The zero-order chi connectivity index (χ0) is 13.7. The van der Waals surface area contributed by atoms with E-state index in [0.29, 0.717) is 18.4 Å². The molecule has 1 aromatic carbocycles. The first-order valence-electron chi connectivity index (χ1n) is 6.64. The number of anilines is 1. The van der Waals surface area contributed by atoms with Crippen LogP contribution in [0, 0.1) is 5.92 Å². The molecule has 0 saturated heterocycles. The fourth-order valence-electron chi connectivity index (χ4n) is 1.88. The van der Waals surface area contributed by atoms with Crippen molar-refractivity contribution in [2.45, 2.75) is 39.7 Å². The number of hydrogen-bond donors (Lipinski definition) is 2. The lowest BCUT2D eigenvalue weighted by Crippen LogP contribution is -2.33. The van der Waals surface area contributed by atoms with Crippen LogP contribution >= 0.6 is 0 Å². The van der Waals surface area contributed by atoms with E-state index in [1.54, 1.807) is 7.11 Å². The molecule has 0 saturated carbocycles. The number of nitrogens with one attached hydrogen (secondary N) is 1. The van der Waals surface area contributed by atoms with Crippen molar-refractivity contribution >= 4 is 5.69 Å². The Kier molecular flexibility index (Phi) is 5.48. The molecule has 1 atom stereocenters. The van der Waals surface area contributed by atoms with E-state index in [2.05, 4.69) is 51.2 Å². The standard InChI is InChI=1S/C15H26N2O/c1-10(2)12-6-7-13(15(8-12)18-5)17-14(9-16)11(3)4/h6-8,10-11,14,17H,9,16H2,1-5H3. The van der Waals surface area contributed by atoms with Crippen molar-refractivity contribution in [2.75, 3.05) is 19.0 Å². The third kappa shape index (κ3) is 3.64. The van der Waals surface area contributed by atoms with Crippen molar-refractivity contribution in [2.24, 2.45) is 11.7 Å². The van der Waals surface area contributed by atoms with E-state index in [0.717, 1.165) is 11.4 Å². The van der Waals surface area contributed by atoms with Crippen LogP contribution in [0.5, 0.6) is 5.75 Å².